The predicted molar refractivity (Wildman–Crippen MR) is 66.9 cm³/mol. The number of morpholine rings is 1. The Hall–Kier alpha value is -0.450. The molecule has 4 heteroatoms. The summed E-state index contributed by atoms with van der Waals surface area (Å²) in [5, 5.41) is 3.44. The molecule has 0 radical (unpaired) electrons. The minimum atomic E-state index is 0.512. The van der Waals surface area contributed by atoms with E-state index in [2.05, 4.69) is 36.0 Å². The first-order valence-electron chi connectivity index (χ1n) is 5.93. The van der Waals surface area contributed by atoms with Crippen LogP contribution in [0.3, 0.4) is 0 Å². The normalized spacial score (nSPS) is 22.9. The fourth-order valence-corrected chi connectivity index (χ4v) is 2.69. The molecule has 1 atom stereocenters. The maximum Gasteiger partial charge on any atom is 0.0954 e. The van der Waals surface area contributed by atoms with Crippen LogP contribution in [0.15, 0.2) is 5.38 Å². The fourth-order valence-electron chi connectivity index (χ4n) is 1.86. The average Bonchev–Trinajstić information content (AvgIpc) is 2.70. The molecule has 1 aromatic heterocycles. The minimum absolute atomic E-state index is 0.512. The Morgan fingerprint density at radius 2 is 2.44 bits per heavy atom. The number of ether oxygens (including phenoxy) is 1. The molecular weight excluding hydrogens is 220 g/mol. The molecule has 0 N–H and O–H groups in total. The Bertz CT molecular complexity index is 338. The second-order valence-corrected chi connectivity index (χ2v) is 5.62. The van der Waals surface area contributed by atoms with Crippen LogP contribution in [-0.4, -0.2) is 35.7 Å². The molecule has 0 saturated carbocycles. The standard InChI is InChI=1S/C12H20N2OS/c1-9(2)12-13-11(8-16-12)6-14-4-5-15-7-10(14)3/h8-10H,4-7H2,1-3H3. The molecule has 0 spiro atoms. The van der Waals surface area contributed by atoms with E-state index < -0.39 is 0 Å². The van der Waals surface area contributed by atoms with E-state index in [0.29, 0.717) is 12.0 Å². The van der Waals surface area contributed by atoms with Crippen LogP contribution in [0.25, 0.3) is 0 Å². The first-order chi connectivity index (χ1) is 7.66. The van der Waals surface area contributed by atoms with Crippen molar-refractivity contribution in [1.29, 1.82) is 0 Å². The molecule has 3 nitrogen and oxygen atoms in total. The van der Waals surface area contributed by atoms with Gasteiger partial charge in [-0.15, -0.1) is 11.3 Å². The van der Waals surface area contributed by atoms with Crippen molar-refractivity contribution < 1.29 is 4.74 Å². The van der Waals surface area contributed by atoms with Crippen LogP contribution in [0.5, 0.6) is 0 Å². The van der Waals surface area contributed by atoms with Gasteiger partial charge in [-0.05, 0) is 6.92 Å². The largest absolute Gasteiger partial charge is 0.379 e. The Morgan fingerprint density at radius 1 is 1.62 bits per heavy atom. The number of rotatable bonds is 3. The zero-order chi connectivity index (χ0) is 11.5. The summed E-state index contributed by atoms with van der Waals surface area (Å²) in [6.07, 6.45) is 0. The minimum Gasteiger partial charge on any atom is -0.379 e. The smallest absolute Gasteiger partial charge is 0.0954 e. The molecule has 0 aliphatic carbocycles. The lowest BCUT2D eigenvalue weighted by Gasteiger charge is -2.32. The first kappa shape index (κ1) is 12.0. The average molecular weight is 240 g/mol. The molecule has 2 rings (SSSR count). The number of thiazole rings is 1. The van der Waals surface area contributed by atoms with Crippen LogP contribution in [0, 0.1) is 0 Å². The Balaban J connectivity index is 1.97. The lowest BCUT2D eigenvalue weighted by atomic mass is 10.2. The van der Waals surface area contributed by atoms with Gasteiger partial charge in [0.25, 0.3) is 0 Å². The van der Waals surface area contributed by atoms with Crippen LogP contribution in [0.4, 0.5) is 0 Å². The van der Waals surface area contributed by atoms with Crippen molar-refractivity contribution in [2.75, 3.05) is 19.8 Å². The van der Waals surface area contributed by atoms with Crippen molar-refractivity contribution in [2.45, 2.75) is 39.3 Å². The van der Waals surface area contributed by atoms with Crippen molar-refractivity contribution >= 4 is 11.3 Å². The van der Waals surface area contributed by atoms with E-state index in [0.717, 1.165) is 26.3 Å². The fraction of sp³-hybridized carbons (Fsp3) is 0.750. The highest BCUT2D eigenvalue weighted by molar-refractivity contribution is 7.09. The van der Waals surface area contributed by atoms with E-state index in [9.17, 15) is 0 Å². The molecule has 1 aromatic rings. The number of hydrogen-bond acceptors (Lipinski definition) is 4. The van der Waals surface area contributed by atoms with Crippen LogP contribution in [0.2, 0.25) is 0 Å². The zero-order valence-electron chi connectivity index (χ0n) is 10.3. The molecular formula is C12H20N2OS. The van der Waals surface area contributed by atoms with E-state index >= 15 is 0 Å². The predicted octanol–water partition coefficient (Wildman–Crippen LogP) is 2.49. The van der Waals surface area contributed by atoms with Gasteiger partial charge in [-0.25, -0.2) is 4.98 Å². The van der Waals surface area contributed by atoms with Gasteiger partial charge in [-0.1, -0.05) is 13.8 Å². The van der Waals surface area contributed by atoms with Gasteiger partial charge in [-0.3, -0.25) is 4.90 Å². The van der Waals surface area contributed by atoms with Crippen molar-refractivity contribution in [3.8, 4) is 0 Å². The summed E-state index contributed by atoms with van der Waals surface area (Å²) >= 11 is 1.78. The Morgan fingerprint density at radius 3 is 3.06 bits per heavy atom. The van der Waals surface area contributed by atoms with Gasteiger partial charge in [-0.2, -0.15) is 0 Å². The maximum atomic E-state index is 5.43. The highest BCUT2D eigenvalue weighted by Crippen LogP contribution is 2.20. The Kier molecular flexibility index (Phi) is 3.95. The van der Waals surface area contributed by atoms with E-state index in [1.807, 2.05) is 0 Å². The lowest BCUT2D eigenvalue weighted by Crippen LogP contribution is -2.42. The molecule has 1 unspecified atom stereocenters. The molecule has 0 amide bonds. The third-order valence-electron chi connectivity index (χ3n) is 2.93. The van der Waals surface area contributed by atoms with Gasteiger partial charge in [0.2, 0.25) is 0 Å². The molecule has 0 aromatic carbocycles. The summed E-state index contributed by atoms with van der Waals surface area (Å²) < 4.78 is 5.43. The molecule has 1 aliphatic heterocycles. The van der Waals surface area contributed by atoms with Gasteiger partial charge in [0.1, 0.15) is 0 Å². The highest BCUT2D eigenvalue weighted by atomic mass is 32.1. The third-order valence-corrected chi connectivity index (χ3v) is 4.13. The van der Waals surface area contributed by atoms with Gasteiger partial charge < -0.3 is 4.74 Å². The monoisotopic (exact) mass is 240 g/mol. The first-order valence-corrected chi connectivity index (χ1v) is 6.81. The van der Waals surface area contributed by atoms with Gasteiger partial charge in [0.05, 0.1) is 23.9 Å². The number of nitrogens with zero attached hydrogens (tertiary/aromatic N) is 2. The van der Waals surface area contributed by atoms with E-state index in [4.69, 9.17) is 4.74 Å². The molecule has 90 valence electrons. The van der Waals surface area contributed by atoms with Crippen LogP contribution < -0.4 is 0 Å². The SMILES string of the molecule is CC(C)c1nc(CN2CCOCC2C)cs1. The summed E-state index contributed by atoms with van der Waals surface area (Å²) in [7, 11) is 0. The third kappa shape index (κ3) is 2.81. The summed E-state index contributed by atoms with van der Waals surface area (Å²) in [6.45, 7) is 10.3. The Labute approximate surface area is 101 Å². The zero-order valence-corrected chi connectivity index (χ0v) is 11.1. The van der Waals surface area contributed by atoms with Gasteiger partial charge >= 0.3 is 0 Å². The summed E-state index contributed by atoms with van der Waals surface area (Å²) in [5.41, 5.74) is 1.21. The van der Waals surface area contributed by atoms with Crippen LogP contribution in [-0.2, 0) is 11.3 Å². The van der Waals surface area contributed by atoms with Crippen molar-refractivity contribution in [3.05, 3.63) is 16.1 Å². The maximum absolute atomic E-state index is 5.43. The van der Waals surface area contributed by atoms with Crippen molar-refractivity contribution in [2.24, 2.45) is 0 Å². The second kappa shape index (κ2) is 5.25. The molecule has 2 heterocycles. The second-order valence-electron chi connectivity index (χ2n) is 4.73. The quantitative estimate of drug-likeness (QED) is 0.811. The van der Waals surface area contributed by atoms with E-state index in [1.54, 1.807) is 11.3 Å². The van der Waals surface area contributed by atoms with Crippen LogP contribution >= 0.6 is 11.3 Å². The van der Waals surface area contributed by atoms with Crippen molar-refractivity contribution in [3.63, 3.8) is 0 Å². The summed E-state index contributed by atoms with van der Waals surface area (Å²) in [5.74, 6) is 0.542. The number of hydrogen-bond donors (Lipinski definition) is 0. The summed E-state index contributed by atoms with van der Waals surface area (Å²) in [4.78, 5) is 7.12. The molecule has 16 heavy (non-hydrogen) atoms. The topological polar surface area (TPSA) is 25.4 Å². The molecule has 1 aliphatic rings. The molecule has 1 saturated heterocycles. The molecule has 1 fully saturated rings. The van der Waals surface area contributed by atoms with E-state index in [-0.39, 0.29) is 0 Å². The van der Waals surface area contributed by atoms with Crippen molar-refractivity contribution in [1.82, 2.24) is 9.88 Å². The lowest BCUT2D eigenvalue weighted by molar-refractivity contribution is -0.00485. The van der Waals surface area contributed by atoms with E-state index in [1.165, 1.54) is 10.7 Å². The van der Waals surface area contributed by atoms with Crippen LogP contribution in [0.1, 0.15) is 37.4 Å². The van der Waals surface area contributed by atoms with Gasteiger partial charge in [0, 0.05) is 30.4 Å². The molecule has 0 bridgehead atoms. The summed E-state index contributed by atoms with van der Waals surface area (Å²) in [6, 6.07) is 0.512. The highest BCUT2D eigenvalue weighted by Gasteiger charge is 2.19. The van der Waals surface area contributed by atoms with Gasteiger partial charge in [0.15, 0.2) is 0 Å². The number of aromatic nitrogens is 1.